The molecule has 0 saturated carbocycles. The second-order valence-electron chi connectivity index (χ2n) is 5.70. The normalized spacial score (nSPS) is 11.7. The van der Waals surface area contributed by atoms with Crippen molar-refractivity contribution >= 4 is 53.1 Å². The van der Waals surface area contributed by atoms with E-state index < -0.39 is 0 Å². The smallest absolute Gasteiger partial charge is 0.0598 e. The molecule has 0 fully saturated rings. The van der Waals surface area contributed by atoms with E-state index in [1.807, 2.05) is 11.3 Å². The molecule has 1 heterocycles. The van der Waals surface area contributed by atoms with Gasteiger partial charge in [0.05, 0.1) is 10.4 Å². The van der Waals surface area contributed by atoms with Gasteiger partial charge in [0.15, 0.2) is 0 Å². The molecule has 4 heteroatoms. The molecule has 0 unspecified atom stereocenters. The average Bonchev–Trinajstić information content (AvgIpc) is 2.97. The lowest BCUT2D eigenvalue weighted by Gasteiger charge is -2.18. The zero-order valence-electron chi connectivity index (χ0n) is 13.7. The van der Waals surface area contributed by atoms with Crippen molar-refractivity contribution in [1.82, 2.24) is 4.90 Å². The van der Waals surface area contributed by atoms with E-state index in [9.17, 15) is 0 Å². The van der Waals surface area contributed by atoms with Gasteiger partial charge in [0, 0.05) is 26.5 Å². The number of rotatable bonds is 7. The summed E-state index contributed by atoms with van der Waals surface area (Å²) in [4.78, 5) is 2.47. The molecule has 1 aromatic heterocycles. The van der Waals surface area contributed by atoms with E-state index in [-0.39, 0.29) is 0 Å². The van der Waals surface area contributed by atoms with Crippen LogP contribution >= 0.6 is 27.3 Å². The van der Waals surface area contributed by atoms with Crippen LogP contribution in [0.2, 0.25) is 0 Å². The van der Waals surface area contributed by atoms with Crippen molar-refractivity contribution in [1.29, 1.82) is 0 Å². The van der Waals surface area contributed by atoms with Gasteiger partial charge in [-0.2, -0.15) is 0 Å². The van der Waals surface area contributed by atoms with Crippen LogP contribution in [0.5, 0.6) is 0 Å². The number of anilines is 1. The Morgan fingerprint density at radius 1 is 1.09 bits per heavy atom. The molecule has 0 saturated heterocycles. The summed E-state index contributed by atoms with van der Waals surface area (Å²) in [7, 11) is 0. The first-order valence-electron chi connectivity index (χ1n) is 8.30. The molecular formula is C19H23BrN2S. The van der Waals surface area contributed by atoms with Gasteiger partial charge in [-0.1, -0.05) is 48.0 Å². The first-order chi connectivity index (χ1) is 11.2. The van der Waals surface area contributed by atoms with Crippen LogP contribution in [0.4, 0.5) is 5.69 Å². The summed E-state index contributed by atoms with van der Waals surface area (Å²) in [6.45, 7) is 8.90. The molecule has 3 rings (SSSR count). The number of hydrogen-bond donors (Lipinski definition) is 1. The lowest BCUT2D eigenvalue weighted by Crippen LogP contribution is -2.25. The van der Waals surface area contributed by atoms with Gasteiger partial charge < -0.3 is 10.2 Å². The third-order valence-corrected chi connectivity index (χ3v) is 6.20. The van der Waals surface area contributed by atoms with E-state index in [2.05, 4.69) is 76.4 Å². The molecule has 0 aliphatic carbocycles. The van der Waals surface area contributed by atoms with Gasteiger partial charge in [0.25, 0.3) is 0 Å². The third kappa shape index (κ3) is 3.54. The van der Waals surface area contributed by atoms with Crippen molar-refractivity contribution < 1.29 is 0 Å². The van der Waals surface area contributed by atoms with Gasteiger partial charge in [0.2, 0.25) is 0 Å². The van der Waals surface area contributed by atoms with Crippen LogP contribution in [-0.4, -0.2) is 31.1 Å². The lowest BCUT2D eigenvalue weighted by atomic mass is 10.1. The van der Waals surface area contributed by atoms with E-state index in [4.69, 9.17) is 0 Å². The molecule has 0 aliphatic rings. The Balaban J connectivity index is 1.80. The first-order valence-corrected chi connectivity index (χ1v) is 9.91. The van der Waals surface area contributed by atoms with Crippen molar-refractivity contribution in [3.05, 3.63) is 40.9 Å². The van der Waals surface area contributed by atoms with Crippen molar-refractivity contribution in [3.8, 4) is 0 Å². The van der Waals surface area contributed by atoms with Gasteiger partial charge in [-0.25, -0.2) is 0 Å². The summed E-state index contributed by atoms with van der Waals surface area (Å²) >= 11 is 5.60. The van der Waals surface area contributed by atoms with E-state index >= 15 is 0 Å². The second-order valence-corrected chi connectivity index (χ2v) is 7.61. The summed E-state index contributed by atoms with van der Waals surface area (Å²) in [6.07, 6.45) is 1.17. The monoisotopic (exact) mass is 390 g/mol. The van der Waals surface area contributed by atoms with Crippen LogP contribution in [0.15, 0.2) is 40.9 Å². The van der Waals surface area contributed by atoms with Crippen molar-refractivity contribution in [3.63, 3.8) is 0 Å². The molecule has 0 bridgehead atoms. The predicted molar refractivity (Wildman–Crippen MR) is 108 cm³/mol. The quantitative estimate of drug-likeness (QED) is 0.500. The molecule has 2 nitrogen and oxygen atoms in total. The molecule has 0 amide bonds. The van der Waals surface area contributed by atoms with Crippen LogP contribution in [0.25, 0.3) is 20.2 Å². The minimum absolute atomic E-state index is 1.02. The van der Waals surface area contributed by atoms with Gasteiger partial charge in [0.1, 0.15) is 0 Å². The van der Waals surface area contributed by atoms with Crippen LogP contribution in [0, 0.1) is 0 Å². The predicted octanol–water partition coefficient (Wildman–Crippen LogP) is 5.96. The largest absolute Gasteiger partial charge is 0.384 e. The van der Waals surface area contributed by atoms with Crippen LogP contribution in [0.3, 0.4) is 0 Å². The molecule has 122 valence electrons. The third-order valence-electron chi connectivity index (χ3n) is 4.34. The molecule has 0 spiro atoms. The molecule has 0 radical (unpaired) electrons. The Kier molecular flexibility index (Phi) is 5.57. The number of hydrogen-bond acceptors (Lipinski definition) is 3. The molecule has 2 aromatic carbocycles. The Morgan fingerprint density at radius 3 is 2.65 bits per heavy atom. The highest BCUT2D eigenvalue weighted by molar-refractivity contribution is 9.10. The zero-order valence-corrected chi connectivity index (χ0v) is 16.1. The fourth-order valence-corrected chi connectivity index (χ4v) is 4.89. The topological polar surface area (TPSA) is 15.3 Å². The Labute approximate surface area is 150 Å². The standard InChI is InChI=1S/C19H23BrN2S/c1-3-22(4-2)13-7-12-21-16-11-10-15(20)18-14-8-5-6-9-17(14)23-19(16)18/h5-6,8-11,21H,3-4,7,12-13H2,1-2H3. The Morgan fingerprint density at radius 2 is 1.87 bits per heavy atom. The fourth-order valence-electron chi connectivity index (χ4n) is 2.99. The number of halogens is 1. The summed E-state index contributed by atoms with van der Waals surface area (Å²) in [5.41, 5.74) is 1.25. The molecule has 0 aliphatic heterocycles. The number of benzene rings is 2. The molecule has 0 atom stereocenters. The Bertz CT molecular complexity index is 793. The number of fused-ring (bicyclic) bond motifs is 3. The van der Waals surface area contributed by atoms with E-state index in [1.165, 1.54) is 36.8 Å². The maximum absolute atomic E-state index is 3.72. The minimum atomic E-state index is 1.02. The van der Waals surface area contributed by atoms with Crippen LogP contribution in [0.1, 0.15) is 20.3 Å². The molecule has 1 N–H and O–H groups in total. The van der Waals surface area contributed by atoms with Gasteiger partial charge in [-0.05, 0) is 44.3 Å². The van der Waals surface area contributed by atoms with E-state index in [0.29, 0.717) is 0 Å². The maximum Gasteiger partial charge on any atom is 0.0598 e. The SMILES string of the molecule is CCN(CC)CCCNc1ccc(Br)c2c1sc1ccccc12. The second kappa shape index (κ2) is 7.65. The number of thiophene rings is 1. The summed E-state index contributed by atoms with van der Waals surface area (Å²) < 4.78 is 3.88. The summed E-state index contributed by atoms with van der Waals surface area (Å²) in [6, 6.07) is 13.0. The number of nitrogens with zero attached hydrogens (tertiary/aromatic N) is 1. The fraction of sp³-hybridized carbons (Fsp3) is 0.368. The summed E-state index contributed by atoms with van der Waals surface area (Å²) in [5.74, 6) is 0. The Hall–Kier alpha value is -1.10. The van der Waals surface area contributed by atoms with Crippen molar-refractivity contribution in [2.24, 2.45) is 0 Å². The summed E-state index contributed by atoms with van der Waals surface area (Å²) in [5, 5.41) is 6.31. The lowest BCUT2D eigenvalue weighted by molar-refractivity contribution is 0.303. The number of nitrogens with one attached hydrogen (secondary N) is 1. The maximum atomic E-state index is 3.72. The zero-order chi connectivity index (χ0) is 16.2. The molecule has 3 aromatic rings. The van der Waals surface area contributed by atoms with E-state index in [1.54, 1.807) is 0 Å². The highest BCUT2D eigenvalue weighted by Crippen LogP contribution is 2.41. The van der Waals surface area contributed by atoms with Crippen molar-refractivity contribution in [2.75, 3.05) is 31.5 Å². The van der Waals surface area contributed by atoms with Crippen LogP contribution in [-0.2, 0) is 0 Å². The van der Waals surface area contributed by atoms with Crippen LogP contribution < -0.4 is 5.32 Å². The van der Waals surface area contributed by atoms with Gasteiger partial charge in [-0.3, -0.25) is 0 Å². The average molecular weight is 391 g/mol. The highest BCUT2D eigenvalue weighted by Gasteiger charge is 2.11. The molecular weight excluding hydrogens is 368 g/mol. The van der Waals surface area contributed by atoms with Gasteiger partial charge >= 0.3 is 0 Å². The first kappa shape index (κ1) is 16.7. The van der Waals surface area contributed by atoms with Crippen molar-refractivity contribution in [2.45, 2.75) is 20.3 Å². The van der Waals surface area contributed by atoms with Gasteiger partial charge in [-0.15, -0.1) is 11.3 Å². The highest BCUT2D eigenvalue weighted by atomic mass is 79.9. The molecule has 23 heavy (non-hydrogen) atoms. The minimum Gasteiger partial charge on any atom is -0.384 e. The van der Waals surface area contributed by atoms with E-state index in [0.717, 1.165) is 26.2 Å².